The summed E-state index contributed by atoms with van der Waals surface area (Å²) in [5.41, 5.74) is 1.73. The maximum absolute atomic E-state index is 13.0. The van der Waals surface area contributed by atoms with Gasteiger partial charge in [0.05, 0.1) is 6.04 Å². The molecule has 1 saturated carbocycles. The van der Waals surface area contributed by atoms with Gasteiger partial charge in [-0.3, -0.25) is 4.79 Å². The first-order valence-electron chi connectivity index (χ1n) is 6.85. The fourth-order valence-electron chi connectivity index (χ4n) is 2.23. The maximum atomic E-state index is 13.0. The molecule has 0 bridgehead atoms. The molecule has 1 aliphatic carbocycles. The lowest BCUT2D eigenvalue weighted by molar-refractivity contribution is -0.118. The van der Waals surface area contributed by atoms with E-state index in [1.165, 1.54) is 12.1 Å². The molecular formula is C16H20FNO. The molecule has 1 aromatic rings. The predicted molar refractivity (Wildman–Crippen MR) is 74.1 cm³/mol. The Morgan fingerprint density at radius 3 is 2.58 bits per heavy atom. The number of hydrogen-bond donors (Lipinski definition) is 1. The summed E-state index contributed by atoms with van der Waals surface area (Å²) >= 11 is 0. The highest BCUT2D eigenvalue weighted by atomic mass is 19.1. The van der Waals surface area contributed by atoms with E-state index in [0.717, 1.165) is 30.4 Å². The zero-order chi connectivity index (χ0) is 13.8. The highest BCUT2D eigenvalue weighted by Gasteiger charge is 2.33. The van der Waals surface area contributed by atoms with Gasteiger partial charge in [0.2, 0.25) is 5.91 Å². The standard InChI is InChI=1S/C16H20FNO/c1-3-4-11(2)16(19)18-15(12-5-6-12)13-7-9-14(17)10-8-13/h4,7-10,12,15H,3,5-6H2,1-2H3,(H,18,19). The maximum Gasteiger partial charge on any atom is 0.247 e. The van der Waals surface area contributed by atoms with Gasteiger partial charge in [-0.05, 0) is 49.8 Å². The third-order valence-corrected chi connectivity index (χ3v) is 3.48. The number of carbonyl (C=O) groups is 1. The van der Waals surface area contributed by atoms with Crippen LogP contribution in [-0.4, -0.2) is 5.91 Å². The zero-order valence-electron chi connectivity index (χ0n) is 11.4. The van der Waals surface area contributed by atoms with Crippen molar-refractivity contribution in [2.45, 2.75) is 39.2 Å². The molecule has 1 aromatic carbocycles. The van der Waals surface area contributed by atoms with Crippen molar-refractivity contribution in [2.75, 3.05) is 0 Å². The minimum Gasteiger partial charge on any atom is -0.345 e. The fourth-order valence-corrected chi connectivity index (χ4v) is 2.23. The summed E-state index contributed by atoms with van der Waals surface area (Å²) < 4.78 is 13.0. The third kappa shape index (κ3) is 3.66. The molecule has 0 saturated heterocycles. The van der Waals surface area contributed by atoms with E-state index in [0.29, 0.717) is 5.92 Å². The Hall–Kier alpha value is -1.64. The molecule has 0 aliphatic heterocycles. The van der Waals surface area contributed by atoms with Crippen LogP contribution in [-0.2, 0) is 4.79 Å². The van der Waals surface area contributed by atoms with Crippen molar-refractivity contribution in [2.24, 2.45) is 5.92 Å². The minimum absolute atomic E-state index is 0.00769. The van der Waals surface area contributed by atoms with Gasteiger partial charge >= 0.3 is 0 Å². The number of carbonyl (C=O) groups excluding carboxylic acids is 1. The summed E-state index contributed by atoms with van der Waals surface area (Å²) in [5.74, 6) is 0.221. The second-order valence-electron chi connectivity index (χ2n) is 5.14. The molecule has 0 heterocycles. The van der Waals surface area contributed by atoms with Crippen LogP contribution in [0.2, 0.25) is 0 Å². The number of rotatable bonds is 5. The molecule has 19 heavy (non-hydrogen) atoms. The summed E-state index contributed by atoms with van der Waals surface area (Å²) in [4.78, 5) is 12.1. The van der Waals surface area contributed by atoms with Gasteiger partial charge in [-0.15, -0.1) is 0 Å². The SMILES string of the molecule is CCC=C(C)C(=O)NC(c1ccc(F)cc1)C1CC1. The summed E-state index contributed by atoms with van der Waals surface area (Å²) in [6, 6.07) is 6.43. The van der Waals surface area contributed by atoms with Gasteiger partial charge in [-0.25, -0.2) is 4.39 Å². The van der Waals surface area contributed by atoms with E-state index in [-0.39, 0.29) is 17.8 Å². The first kappa shape index (κ1) is 13.8. The van der Waals surface area contributed by atoms with Crippen molar-refractivity contribution in [3.8, 4) is 0 Å². The molecule has 0 spiro atoms. The second kappa shape index (κ2) is 6.00. The molecule has 1 atom stereocenters. The van der Waals surface area contributed by atoms with Crippen molar-refractivity contribution in [1.82, 2.24) is 5.32 Å². The van der Waals surface area contributed by atoms with Gasteiger partial charge in [0.25, 0.3) is 0 Å². The average Bonchev–Trinajstić information content (AvgIpc) is 3.21. The quantitative estimate of drug-likeness (QED) is 0.804. The molecular weight excluding hydrogens is 241 g/mol. The molecule has 0 radical (unpaired) electrons. The van der Waals surface area contributed by atoms with Crippen LogP contribution in [0.15, 0.2) is 35.9 Å². The van der Waals surface area contributed by atoms with Gasteiger partial charge in [-0.2, -0.15) is 0 Å². The van der Waals surface area contributed by atoms with Crippen LogP contribution in [0.4, 0.5) is 4.39 Å². The van der Waals surface area contributed by atoms with Crippen LogP contribution < -0.4 is 5.32 Å². The predicted octanol–water partition coefficient (Wildman–Crippen LogP) is 3.75. The smallest absolute Gasteiger partial charge is 0.247 e. The largest absolute Gasteiger partial charge is 0.345 e. The van der Waals surface area contributed by atoms with Crippen molar-refractivity contribution in [3.63, 3.8) is 0 Å². The summed E-state index contributed by atoms with van der Waals surface area (Å²) in [6.07, 6.45) is 5.02. The number of hydrogen-bond acceptors (Lipinski definition) is 1. The lowest BCUT2D eigenvalue weighted by Gasteiger charge is -2.19. The molecule has 1 unspecified atom stereocenters. The molecule has 1 amide bonds. The van der Waals surface area contributed by atoms with Gasteiger partial charge in [0.15, 0.2) is 0 Å². The monoisotopic (exact) mass is 261 g/mol. The van der Waals surface area contributed by atoms with E-state index in [1.807, 2.05) is 19.9 Å². The first-order chi connectivity index (χ1) is 9.11. The molecule has 1 aliphatic rings. The Morgan fingerprint density at radius 2 is 2.05 bits per heavy atom. The Balaban J connectivity index is 2.11. The molecule has 0 aromatic heterocycles. The van der Waals surface area contributed by atoms with Crippen LogP contribution in [0.5, 0.6) is 0 Å². The number of amides is 1. The lowest BCUT2D eigenvalue weighted by Crippen LogP contribution is -2.30. The van der Waals surface area contributed by atoms with E-state index in [9.17, 15) is 9.18 Å². The minimum atomic E-state index is -0.244. The van der Waals surface area contributed by atoms with E-state index in [2.05, 4.69) is 5.32 Å². The third-order valence-electron chi connectivity index (χ3n) is 3.48. The highest BCUT2D eigenvalue weighted by Crippen LogP contribution is 2.41. The van der Waals surface area contributed by atoms with Crippen LogP contribution >= 0.6 is 0 Å². The first-order valence-corrected chi connectivity index (χ1v) is 6.85. The van der Waals surface area contributed by atoms with Crippen LogP contribution in [0.1, 0.15) is 44.7 Å². The Morgan fingerprint density at radius 1 is 1.42 bits per heavy atom. The van der Waals surface area contributed by atoms with Gasteiger partial charge in [0.1, 0.15) is 5.82 Å². The van der Waals surface area contributed by atoms with E-state index >= 15 is 0 Å². The fraction of sp³-hybridized carbons (Fsp3) is 0.438. The number of nitrogens with one attached hydrogen (secondary N) is 1. The lowest BCUT2D eigenvalue weighted by atomic mass is 10.0. The molecule has 1 fully saturated rings. The topological polar surface area (TPSA) is 29.1 Å². The Kier molecular flexibility index (Phi) is 4.35. The van der Waals surface area contributed by atoms with Crippen molar-refractivity contribution >= 4 is 5.91 Å². The number of allylic oxidation sites excluding steroid dienone is 1. The Labute approximate surface area is 113 Å². The number of benzene rings is 1. The highest BCUT2D eigenvalue weighted by molar-refractivity contribution is 5.93. The van der Waals surface area contributed by atoms with Crippen LogP contribution in [0, 0.1) is 11.7 Å². The van der Waals surface area contributed by atoms with Crippen molar-refractivity contribution in [1.29, 1.82) is 0 Å². The molecule has 1 N–H and O–H groups in total. The molecule has 2 rings (SSSR count). The summed E-state index contributed by atoms with van der Waals surface area (Å²) in [6.45, 7) is 3.84. The van der Waals surface area contributed by atoms with Crippen molar-refractivity contribution in [3.05, 3.63) is 47.3 Å². The number of halogens is 1. The molecule has 2 nitrogen and oxygen atoms in total. The van der Waals surface area contributed by atoms with E-state index in [1.54, 1.807) is 12.1 Å². The summed E-state index contributed by atoms with van der Waals surface area (Å²) in [7, 11) is 0. The van der Waals surface area contributed by atoms with E-state index in [4.69, 9.17) is 0 Å². The van der Waals surface area contributed by atoms with Crippen LogP contribution in [0.3, 0.4) is 0 Å². The molecule has 3 heteroatoms. The van der Waals surface area contributed by atoms with Crippen LogP contribution in [0.25, 0.3) is 0 Å². The van der Waals surface area contributed by atoms with Gasteiger partial charge < -0.3 is 5.32 Å². The average molecular weight is 261 g/mol. The van der Waals surface area contributed by atoms with Gasteiger partial charge in [-0.1, -0.05) is 25.1 Å². The van der Waals surface area contributed by atoms with Crippen molar-refractivity contribution < 1.29 is 9.18 Å². The summed E-state index contributed by atoms with van der Waals surface area (Å²) in [5, 5.41) is 3.07. The zero-order valence-corrected chi connectivity index (χ0v) is 11.4. The normalized spacial score (nSPS) is 17.1. The second-order valence-corrected chi connectivity index (χ2v) is 5.14. The van der Waals surface area contributed by atoms with Gasteiger partial charge in [0, 0.05) is 5.57 Å². The molecule has 102 valence electrons. The Bertz CT molecular complexity index is 474. The van der Waals surface area contributed by atoms with E-state index < -0.39 is 0 Å².